The van der Waals surface area contributed by atoms with Gasteiger partial charge in [-0.2, -0.15) is 0 Å². The molecule has 1 rings (SSSR count). The third-order valence-electron chi connectivity index (χ3n) is 1.78. The predicted molar refractivity (Wildman–Crippen MR) is 44.5 cm³/mol. The van der Waals surface area contributed by atoms with Crippen LogP contribution in [0.1, 0.15) is 13.8 Å². The van der Waals surface area contributed by atoms with Crippen LogP contribution in [0.5, 0.6) is 0 Å². The van der Waals surface area contributed by atoms with Crippen LogP contribution in [0, 0.1) is 0 Å². The van der Waals surface area contributed by atoms with Gasteiger partial charge in [-0.3, -0.25) is 4.57 Å². The Morgan fingerprint density at radius 3 is 2.55 bits per heavy atom. The molecule has 1 aliphatic rings. The molecule has 0 unspecified atom stereocenters. The van der Waals surface area contributed by atoms with E-state index in [2.05, 4.69) is 5.09 Å². The van der Waals surface area contributed by atoms with Gasteiger partial charge in [0.2, 0.25) is 0 Å². The van der Waals surface area contributed by atoms with Gasteiger partial charge >= 0.3 is 7.67 Å². The molecule has 0 bridgehead atoms. The monoisotopic (exact) mass is 178 g/mol. The molecule has 1 heterocycles. The van der Waals surface area contributed by atoms with E-state index in [1.807, 2.05) is 18.5 Å². The molecule has 0 amide bonds. The third-order valence-corrected chi connectivity index (χ3v) is 4.25. The van der Waals surface area contributed by atoms with Crippen molar-refractivity contribution in [2.75, 3.05) is 26.2 Å². The van der Waals surface area contributed by atoms with E-state index >= 15 is 0 Å². The summed E-state index contributed by atoms with van der Waals surface area (Å²) in [6, 6.07) is 0. The van der Waals surface area contributed by atoms with Crippen LogP contribution in [0.4, 0.5) is 0 Å². The van der Waals surface area contributed by atoms with Crippen molar-refractivity contribution in [2.24, 2.45) is 0 Å². The molecule has 1 fully saturated rings. The Morgan fingerprint density at radius 1 is 1.55 bits per heavy atom. The molecule has 0 spiro atoms. The van der Waals surface area contributed by atoms with Crippen molar-refractivity contribution in [3.63, 3.8) is 0 Å². The molecule has 0 aliphatic carbocycles. The molecule has 0 aromatic carbocycles. The van der Waals surface area contributed by atoms with Gasteiger partial charge in [0.15, 0.2) is 0 Å². The molecule has 0 radical (unpaired) electrons. The zero-order chi connectivity index (χ0) is 8.32. The van der Waals surface area contributed by atoms with E-state index in [0.717, 1.165) is 13.1 Å². The molecular formula is C6H15N2O2P. The van der Waals surface area contributed by atoms with Crippen LogP contribution in [0.15, 0.2) is 0 Å². The van der Waals surface area contributed by atoms with Gasteiger partial charge in [-0.15, -0.1) is 0 Å². The Balaban J connectivity index is 2.61. The summed E-state index contributed by atoms with van der Waals surface area (Å²) in [5.74, 6) is 0. The normalized spacial score (nSPS) is 31.5. The Morgan fingerprint density at radius 2 is 2.18 bits per heavy atom. The lowest BCUT2D eigenvalue weighted by Crippen LogP contribution is -2.24. The van der Waals surface area contributed by atoms with Crippen LogP contribution in [0.3, 0.4) is 0 Å². The smallest absolute Gasteiger partial charge is 0.305 e. The SMILES string of the molecule is CCN(CC)[P@]1(=O)NCCO1. The van der Waals surface area contributed by atoms with Crippen molar-refractivity contribution >= 4 is 7.67 Å². The first-order valence-electron chi connectivity index (χ1n) is 3.98. The van der Waals surface area contributed by atoms with Crippen molar-refractivity contribution in [3.8, 4) is 0 Å². The molecule has 0 saturated carbocycles. The van der Waals surface area contributed by atoms with Crippen LogP contribution < -0.4 is 5.09 Å². The molecule has 11 heavy (non-hydrogen) atoms. The molecule has 0 aromatic heterocycles. The summed E-state index contributed by atoms with van der Waals surface area (Å²) < 4.78 is 18.8. The quantitative estimate of drug-likeness (QED) is 0.656. The number of hydrogen-bond donors (Lipinski definition) is 1. The van der Waals surface area contributed by atoms with Gasteiger partial charge in [0, 0.05) is 19.6 Å². The summed E-state index contributed by atoms with van der Waals surface area (Å²) in [5.41, 5.74) is 0. The predicted octanol–water partition coefficient (Wildman–Crippen LogP) is 1.06. The Hall–Kier alpha value is 0.110. The highest BCUT2D eigenvalue weighted by Gasteiger charge is 2.33. The maximum absolute atomic E-state index is 11.8. The minimum absolute atomic E-state index is 0.563. The van der Waals surface area contributed by atoms with Gasteiger partial charge < -0.3 is 4.52 Å². The van der Waals surface area contributed by atoms with Crippen LogP contribution in [-0.4, -0.2) is 30.9 Å². The van der Waals surface area contributed by atoms with Crippen molar-refractivity contribution in [1.82, 2.24) is 9.76 Å². The molecule has 1 aliphatic heterocycles. The summed E-state index contributed by atoms with van der Waals surface area (Å²) in [5, 5.41) is 2.89. The highest BCUT2D eigenvalue weighted by molar-refractivity contribution is 7.54. The first-order valence-corrected chi connectivity index (χ1v) is 5.56. The molecular weight excluding hydrogens is 163 g/mol. The summed E-state index contributed by atoms with van der Waals surface area (Å²) in [4.78, 5) is 0. The Labute approximate surface area is 67.5 Å². The van der Waals surface area contributed by atoms with E-state index in [1.165, 1.54) is 0 Å². The lowest BCUT2D eigenvalue weighted by molar-refractivity contribution is 0.302. The summed E-state index contributed by atoms with van der Waals surface area (Å²) in [6.07, 6.45) is 0. The van der Waals surface area contributed by atoms with Gasteiger partial charge in [-0.05, 0) is 0 Å². The number of nitrogens with one attached hydrogen (secondary N) is 1. The average molecular weight is 178 g/mol. The minimum atomic E-state index is -2.60. The topological polar surface area (TPSA) is 41.6 Å². The Bertz CT molecular complexity index is 160. The van der Waals surface area contributed by atoms with E-state index in [1.54, 1.807) is 0 Å². The second kappa shape index (κ2) is 3.68. The van der Waals surface area contributed by atoms with E-state index in [4.69, 9.17) is 4.52 Å². The molecule has 4 nitrogen and oxygen atoms in total. The zero-order valence-electron chi connectivity index (χ0n) is 7.04. The van der Waals surface area contributed by atoms with Crippen LogP contribution in [0.25, 0.3) is 0 Å². The highest BCUT2D eigenvalue weighted by atomic mass is 31.2. The molecule has 66 valence electrons. The number of hydrogen-bond acceptors (Lipinski definition) is 2. The van der Waals surface area contributed by atoms with Crippen molar-refractivity contribution in [2.45, 2.75) is 13.8 Å². The van der Waals surface area contributed by atoms with Gasteiger partial charge in [0.1, 0.15) is 0 Å². The molecule has 5 heteroatoms. The fourth-order valence-corrected chi connectivity index (χ4v) is 3.09. The van der Waals surface area contributed by atoms with Gasteiger partial charge in [-0.1, -0.05) is 13.8 Å². The van der Waals surface area contributed by atoms with Gasteiger partial charge in [0.25, 0.3) is 0 Å². The van der Waals surface area contributed by atoms with E-state index < -0.39 is 7.67 Å². The lowest BCUT2D eigenvalue weighted by atomic mass is 10.7. The van der Waals surface area contributed by atoms with Crippen LogP contribution in [0.2, 0.25) is 0 Å². The first kappa shape index (κ1) is 9.20. The van der Waals surface area contributed by atoms with Crippen molar-refractivity contribution in [3.05, 3.63) is 0 Å². The largest absolute Gasteiger partial charge is 0.343 e. The number of rotatable bonds is 3. The molecule has 1 N–H and O–H groups in total. The fourth-order valence-electron chi connectivity index (χ4n) is 1.18. The summed E-state index contributed by atoms with van der Waals surface area (Å²) >= 11 is 0. The molecule has 0 aromatic rings. The summed E-state index contributed by atoms with van der Waals surface area (Å²) in [7, 11) is -2.60. The maximum Gasteiger partial charge on any atom is 0.343 e. The second-order valence-electron chi connectivity index (χ2n) is 2.40. The van der Waals surface area contributed by atoms with E-state index in [0.29, 0.717) is 13.2 Å². The molecule has 1 saturated heterocycles. The first-order chi connectivity index (χ1) is 5.23. The fraction of sp³-hybridized carbons (Fsp3) is 1.00. The van der Waals surface area contributed by atoms with E-state index in [-0.39, 0.29) is 0 Å². The van der Waals surface area contributed by atoms with Crippen LogP contribution in [-0.2, 0) is 9.09 Å². The standard InChI is InChI=1S/C6H15N2O2P/c1-3-8(4-2)11(9)7-5-6-10-11/h3-6H2,1-2H3,(H,7,9)/t11-/m0/s1. The maximum atomic E-state index is 11.8. The van der Waals surface area contributed by atoms with E-state index in [9.17, 15) is 4.57 Å². The average Bonchev–Trinajstić information content (AvgIpc) is 2.39. The highest BCUT2D eigenvalue weighted by Crippen LogP contribution is 2.48. The number of nitrogens with zero attached hydrogens (tertiary/aromatic N) is 1. The van der Waals surface area contributed by atoms with Crippen LogP contribution >= 0.6 is 7.67 Å². The van der Waals surface area contributed by atoms with Gasteiger partial charge in [0.05, 0.1) is 6.61 Å². The van der Waals surface area contributed by atoms with Crippen molar-refractivity contribution in [1.29, 1.82) is 0 Å². The second-order valence-corrected chi connectivity index (χ2v) is 4.58. The Kier molecular flexibility index (Phi) is 3.07. The van der Waals surface area contributed by atoms with Crippen molar-refractivity contribution < 1.29 is 9.09 Å². The zero-order valence-corrected chi connectivity index (χ0v) is 7.93. The minimum Gasteiger partial charge on any atom is -0.305 e. The summed E-state index contributed by atoms with van der Waals surface area (Å²) in [6.45, 7) is 6.75. The molecule has 1 atom stereocenters. The van der Waals surface area contributed by atoms with Gasteiger partial charge in [-0.25, -0.2) is 9.76 Å². The lowest BCUT2D eigenvalue weighted by Gasteiger charge is -2.23. The third kappa shape index (κ3) is 1.82.